The predicted molar refractivity (Wildman–Crippen MR) is 146 cm³/mol. The van der Waals surface area contributed by atoms with Gasteiger partial charge < -0.3 is 10.6 Å². The molecule has 196 valence electrons. The fraction of sp³-hybridized carbons (Fsp3) is 0.321. The minimum absolute atomic E-state index is 0.167. The van der Waals surface area contributed by atoms with Crippen LogP contribution in [0.2, 0.25) is 0 Å². The molecule has 0 aliphatic carbocycles. The highest BCUT2D eigenvalue weighted by atomic mass is 16.2. The Labute approximate surface area is 217 Å². The van der Waals surface area contributed by atoms with Crippen LogP contribution in [0.4, 0.5) is 10.5 Å². The number of hydrogen-bond acceptors (Lipinski definition) is 5. The minimum atomic E-state index is -0.779. The van der Waals surface area contributed by atoms with E-state index in [4.69, 9.17) is 0 Å². The van der Waals surface area contributed by atoms with Crippen molar-refractivity contribution in [2.75, 3.05) is 5.32 Å². The molecular weight excluding hydrogens is 470 g/mol. The van der Waals surface area contributed by atoms with Gasteiger partial charge in [-0.1, -0.05) is 38.1 Å². The van der Waals surface area contributed by atoms with Gasteiger partial charge in [-0.15, -0.1) is 6.58 Å². The van der Waals surface area contributed by atoms with Crippen LogP contribution in [0.5, 0.6) is 0 Å². The smallest absolute Gasteiger partial charge is 0.319 e. The van der Waals surface area contributed by atoms with Crippen LogP contribution in [0.1, 0.15) is 56.6 Å². The highest BCUT2D eigenvalue weighted by Crippen LogP contribution is 2.20. The van der Waals surface area contributed by atoms with Gasteiger partial charge in [-0.3, -0.25) is 24.3 Å². The third-order valence-electron chi connectivity index (χ3n) is 5.39. The molecule has 1 saturated heterocycles. The molecule has 4 rings (SSSR count). The number of hydrogen-bond donors (Lipinski definition) is 3. The van der Waals surface area contributed by atoms with Crippen LogP contribution in [0.15, 0.2) is 59.9 Å². The number of aromatic nitrogens is 2. The molecule has 0 saturated carbocycles. The Bertz CT molecular complexity index is 1350. The average Bonchev–Trinajstić information content (AvgIpc) is 2.86. The second-order valence-electron chi connectivity index (χ2n) is 8.24. The quantitative estimate of drug-likeness (QED) is 0.355. The van der Waals surface area contributed by atoms with Crippen molar-refractivity contribution in [3.8, 4) is 0 Å². The van der Waals surface area contributed by atoms with Crippen molar-refractivity contribution in [3.05, 3.63) is 82.4 Å². The van der Waals surface area contributed by atoms with E-state index in [0.29, 0.717) is 22.4 Å². The van der Waals surface area contributed by atoms with E-state index in [2.05, 4.69) is 27.5 Å². The number of carbonyl (C=O) groups excluding carboxylic acids is 3. The van der Waals surface area contributed by atoms with Crippen molar-refractivity contribution in [2.24, 2.45) is 0 Å². The lowest BCUT2D eigenvalue weighted by atomic mass is 10.0. The first-order valence-corrected chi connectivity index (χ1v) is 12.3. The Morgan fingerprint density at radius 2 is 1.86 bits per heavy atom. The molecule has 0 radical (unpaired) electrons. The maximum atomic E-state index is 13.2. The molecule has 9 heteroatoms. The predicted octanol–water partition coefficient (Wildman–Crippen LogP) is 4.53. The molecule has 0 unspecified atom stereocenters. The Balaban J connectivity index is 0.000000898. The molecular formula is C28H35N5O4. The van der Waals surface area contributed by atoms with Crippen molar-refractivity contribution in [1.82, 2.24) is 20.2 Å². The van der Waals surface area contributed by atoms with E-state index in [9.17, 15) is 19.2 Å². The number of piperidine rings is 1. The van der Waals surface area contributed by atoms with Crippen molar-refractivity contribution in [1.29, 1.82) is 0 Å². The van der Waals surface area contributed by atoms with Crippen LogP contribution in [0.3, 0.4) is 0 Å². The van der Waals surface area contributed by atoms with Gasteiger partial charge in [0, 0.05) is 18.7 Å². The molecule has 9 nitrogen and oxygen atoms in total. The standard InChI is InChI=1S/C23H23N5O4.C3H6.C2H6/c1-13-4-3-5-16(10-13)26-23(32)24-12-15-6-7-18-17(11-15)22(31)28(14(2)25-18)19-8-9-20(29)27-21(19)30;1-3-2;1-2/h3-7,10-11,19H,8-9,12H2,1-2H3,(H2,24,26,32)(H,27,29,30);3H,1H2,2H3;1-2H3/t19-;;/m0../s1. The lowest BCUT2D eigenvalue weighted by Gasteiger charge is -2.24. The number of nitrogens with one attached hydrogen (secondary N) is 3. The van der Waals surface area contributed by atoms with E-state index in [1.54, 1.807) is 37.3 Å². The van der Waals surface area contributed by atoms with Gasteiger partial charge >= 0.3 is 6.03 Å². The average molecular weight is 506 g/mol. The van der Waals surface area contributed by atoms with Gasteiger partial charge in [0.05, 0.1) is 10.9 Å². The molecule has 1 aliphatic heterocycles. The highest BCUT2D eigenvalue weighted by Gasteiger charge is 2.30. The van der Waals surface area contributed by atoms with Crippen LogP contribution >= 0.6 is 0 Å². The molecule has 37 heavy (non-hydrogen) atoms. The zero-order valence-corrected chi connectivity index (χ0v) is 22.1. The molecule has 0 spiro atoms. The zero-order valence-electron chi connectivity index (χ0n) is 22.1. The molecule has 3 N–H and O–H groups in total. The summed E-state index contributed by atoms with van der Waals surface area (Å²) in [6.45, 7) is 13.1. The fourth-order valence-corrected chi connectivity index (χ4v) is 3.84. The molecule has 1 atom stereocenters. The van der Waals surface area contributed by atoms with Gasteiger partial charge in [0.1, 0.15) is 11.9 Å². The van der Waals surface area contributed by atoms with Gasteiger partial charge in [-0.25, -0.2) is 9.78 Å². The molecule has 2 aromatic carbocycles. The van der Waals surface area contributed by atoms with Gasteiger partial charge in [0.15, 0.2) is 0 Å². The number of aryl methyl sites for hydroxylation is 2. The maximum Gasteiger partial charge on any atom is 0.319 e. The lowest BCUT2D eigenvalue weighted by molar-refractivity contribution is -0.135. The normalized spacial score (nSPS) is 14.4. The first-order chi connectivity index (χ1) is 17.7. The van der Waals surface area contributed by atoms with E-state index >= 15 is 0 Å². The number of carbonyl (C=O) groups is 3. The monoisotopic (exact) mass is 505 g/mol. The SMILES string of the molecule is C=CC.CC.Cc1cccc(NC(=O)NCc2ccc3nc(C)n([C@H]4CCC(=O)NC4=O)c(=O)c3c2)c1. The maximum absolute atomic E-state index is 13.2. The van der Waals surface area contributed by atoms with Crippen LogP contribution < -0.4 is 21.5 Å². The first-order valence-electron chi connectivity index (χ1n) is 12.3. The number of amides is 4. The molecule has 4 amide bonds. The number of rotatable bonds is 4. The Morgan fingerprint density at radius 1 is 1.16 bits per heavy atom. The summed E-state index contributed by atoms with van der Waals surface area (Å²) in [5.41, 5.74) is 2.59. The Hall–Kier alpha value is -4.27. The van der Waals surface area contributed by atoms with Crippen molar-refractivity contribution >= 4 is 34.4 Å². The number of nitrogens with zero attached hydrogens (tertiary/aromatic N) is 2. The zero-order chi connectivity index (χ0) is 27.5. The molecule has 1 aromatic heterocycles. The van der Waals surface area contributed by atoms with E-state index in [0.717, 1.165) is 11.1 Å². The highest BCUT2D eigenvalue weighted by molar-refractivity contribution is 5.99. The molecule has 3 aromatic rings. The fourth-order valence-electron chi connectivity index (χ4n) is 3.84. The second kappa shape index (κ2) is 13.7. The second-order valence-corrected chi connectivity index (χ2v) is 8.24. The van der Waals surface area contributed by atoms with Crippen LogP contribution in [-0.2, 0) is 16.1 Å². The van der Waals surface area contributed by atoms with E-state index in [1.807, 2.05) is 45.9 Å². The van der Waals surface area contributed by atoms with Crippen molar-refractivity contribution in [2.45, 2.75) is 60.0 Å². The third kappa shape index (κ3) is 7.60. The van der Waals surface area contributed by atoms with Crippen LogP contribution in [0, 0.1) is 13.8 Å². The summed E-state index contributed by atoms with van der Waals surface area (Å²) < 4.78 is 1.34. The molecule has 0 bridgehead atoms. The van der Waals surface area contributed by atoms with Crippen LogP contribution in [0.25, 0.3) is 10.9 Å². The topological polar surface area (TPSA) is 122 Å². The number of benzene rings is 2. The minimum Gasteiger partial charge on any atom is -0.334 e. The number of imide groups is 1. The molecule has 1 aliphatic rings. The number of anilines is 1. The van der Waals surface area contributed by atoms with Gasteiger partial charge in [0.2, 0.25) is 11.8 Å². The number of fused-ring (bicyclic) bond motifs is 1. The molecule has 2 heterocycles. The number of urea groups is 1. The van der Waals surface area contributed by atoms with Gasteiger partial charge in [-0.05, 0) is 62.6 Å². The van der Waals surface area contributed by atoms with Crippen molar-refractivity contribution in [3.63, 3.8) is 0 Å². The summed E-state index contributed by atoms with van der Waals surface area (Å²) >= 11 is 0. The summed E-state index contributed by atoms with van der Waals surface area (Å²) in [5.74, 6) is -0.443. The summed E-state index contributed by atoms with van der Waals surface area (Å²) in [5, 5.41) is 8.16. The summed E-state index contributed by atoms with van der Waals surface area (Å²) in [7, 11) is 0. The number of allylic oxidation sites excluding steroid dienone is 1. The van der Waals surface area contributed by atoms with Crippen molar-refractivity contribution < 1.29 is 14.4 Å². The third-order valence-corrected chi connectivity index (χ3v) is 5.39. The first kappa shape index (κ1) is 29.0. The molecule has 1 fully saturated rings. The summed E-state index contributed by atoms with van der Waals surface area (Å²) in [6.07, 6.45) is 2.17. The van der Waals surface area contributed by atoms with E-state index in [-0.39, 0.29) is 36.9 Å². The van der Waals surface area contributed by atoms with E-state index < -0.39 is 11.9 Å². The van der Waals surface area contributed by atoms with Gasteiger partial charge in [-0.2, -0.15) is 0 Å². The van der Waals surface area contributed by atoms with Gasteiger partial charge in [0.25, 0.3) is 5.56 Å². The Morgan fingerprint density at radius 3 is 2.51 bits per heavy atom. The Kier molecular flexibility index (Phi) is 10.7. The summed E-state index contributed by atoms with van der Waals surface area (Å²) in [6, 6.07) is 11.5. The largest absolute Gasteiger partial charge is 0.334 e. The van der Waals surface area contributed by atoms with E-state index in [1.165, 1.54) is 4.57 Å². The summed E-state index contributed by atoms with van der Waals surface area (Å²) in [4.78, 5) is 53.6. The lowest BCUT2D eigenvalue weighted by Crippen LogP contribution is -2.45. The van der Waals surface area contributed by atoms with Crippen LogP contribution in [-0.4, -0.2) is 27.4 Å².